The van der Waals surface area contributed by atoms with Crippen molar-refractivity contribution < 1.29 is 32.3 Å². The number of ether oxygens (including phenoxy) is 1. The van der Waals surface area contributed by atoms with Gasteiger partial charge < -0.3 is 10.1 Å². The molecule has 0 bridgehead atoms. The Bertz CT molecular complexity index is 573. The number of carbonyl (C=O) groups is 3. The number of alkyl halides is 3. The fraction of sp³-hybridized carbons (Fsp3) is 0.308. The molecule has 2 N–H and O–H groups in total. The molecule has 0 saturated heterocycles. The average molecular weight is 318 g/mol. The monoisotopic (exact) mass is 318 g/mol. The number of halogens is 3. The van der Waals surface area contributed by atoms with E-state index in [-0.39, 0.29) is 5.56 Å². The van der Waals surface area contributed by atoms with Gasteiger partial charge in [0.15, 0.2) is 6.61 Å². The number of hydrogen-bond acceptors (Lipinski definition) is 4. The highest BCUT2D eigenvalue weighted by atomic mass is 19.4. The zero-order valence-corrected chi connectivity index (χ0v) is 11.5. The first-order valence-electron chi connectivity index (χ1n) is 6.05. The van der Waals surface area contributed by atoms with E-state index in [2.05, 4.69) is 10.1 Å². The van der Waals surface area contributed by atoms with Gasteiger partial charge in [0.05, 0.1) is 12.0 Å². The molecule has 0 spiro atoms. The summed E-state index contributed by atoms with van der Waals surface area (Å²) < 4.78 is 42.1. The first-order chi connectivity index (χ1) is 10.2. The summed E-state index contributed by atoms with van der Waals surface area (Å²) in [5.41, 5.74) is -0.776. The van der Waals surface area contributed by atoms with E-state index in [1.807, 2.05) is 5.32 Å². The van der Waals surface area contributed by atoms with Gasteiger partial charge in [-0.3, -0.25) is 14.9 Å². The van der Waals surface area contributed by atoms with Crippen molar-refractivity contribution in [2.45, 2.75) is 12.6 Å². The highest BCUT2D eigenvalue weighted by molar-refractivity contribution is 5.95. The Morgan fingerprint density at radius 1 is 1.23 bits per heavy atom. The smallest absolute Gasteiger partial charge is 0.416 e. The van der Waals surface area contributed by atoms with Crippen molar-refractivity contribution in [2.24, 2.45) is 0 Å². The third-order valence-corrected chi connectivity index (χ3v) is 2.45. The van der Waals surface area contributed by atoms with Crippen molar-refractivity contribution >= 4 is 17.9 Å². The van der Waals surface area contributed by atoms with Gasteiger partial charge in [0.25, 0.3) is 5.91 Å². The summed E-state index contributed by atoms with van der Waals surface area (Å²) in [6.07, 6.45) is -4.93. The maximum absolute atomic E-state index is 12.5. The number of carbonyl (C=O) groups excluding carboxylic acids is 3. The number of imide groups is 1. The van der Waals surface area contributed by atoms with Crippen LogP contribution in [0.15, 0.2) is 24.3 Å². The molecular weight excluding hydrogens is 305 g/mol. The quantitative estimate of drug-likeness (QED) is 0.818. The van der Waals surface area contributed by atoms with Crippen LogP contribution in [0.1, 0.15) is 11.1 Å². The van der Waals surface area contributed by atoms with Gasteiger partial charge in [-0.1, -0.05) is 18.2 Å². The molecule has 1 aromatic rings. The molecule has 120 valence electrons. The van der Waals surface area contributed by atoms with Crippen LogP contribution in [-0.4, -0.2) is 31.6 Å². The van der Waals surface area contributed by atoms with Crippen molar-refractivity contribution in [2.75, 3.05) is 13.7 Å². The van der Waals surface area contributed by atoms with Gasteiger partial charge in [-0.25, -0.2) is 4.79 Å². The lowest BCUT2D eigenvalue weighted by Crippen LogP contribution is -2.39. The summed E-state index contributed by atoms with van der Waals surface area (Å²) in [6.45, 7) is -0.703. The first kappa shape index (κ1) is 17.5. The molecule has 0 heterocycles. The molecule has 0 saturated carbocycles. The van der Waals surface area contributed by atoms with Crippen LogP contribution in [0.3, 0.4) is 0 Å². The predicted octanol–water partition coefficient (Wildman–Crippen LogP) is 1.25. The normalized spacial score (nSPS) is 10.7. The molecule has 0 fully saturated rings. The summed E-state index contributed by atoms with van der Waals surface area (Å²) >= 11 is 0. The maximum Gasteiger partial charge on any atom is 0.416 e. The number of nitrogens with one attached hydrogen (secondary N) is 2. The number of benzene rings is 1. The van der Waals surface area contributed by atoms with E-state index in [1.54, 1.807) is 0 Å². The SMILES string of the molecule is CNC(=O)NC(=O)COC(=O)Cc1cccc(C(F)(F)F)c1. The van der Waals surface area contributed by atoms with Crippen LogP contribution in [0.4, 0.5) is 18.0 Å². The largest absolute Gasteiger partial charge is 0.455 e. The summed E-state index contributed by atoms with van der Waals surface area (Å²) in [4.78, 5) is 33.4. The molecule has 0 aromatic heterocycles. The molecule has 6 nitrogen and oxygen atoms in total. The molecule has 1 aromatic carbocycles. The van der Waals surface area contributed by atoms with Gasteiger partial charge >= 0.3 is 18.2 Å². The Balaban J connectivity index is 2.52. The molecule has 0 radical (unpaired) electrons. The Labute approximate surface area is 123 Å². The van der Waals surface area contributed by atoms with Crippen LogP contribution in [0, 0.1) is 0 Å². The molecule has 0 atom stereocenters. The molecule has 3 amide bonds. The molecule has 0 unspecified atom stereocenters. The van der Waals surface area contributed by atoms with E-state index >= 15 is 0 Å². The second-order valence-electron chi connectivity index (χ2n) is 4.16. The van der Waals surface area contributed by atoms with Crippen LogP contribution >= 0.6 is 0 Å². The third-order valence-electron chi connectivity index (χ3n) is 2.45. The van der Waals surface area contributed by atoms with Gasteiger partial charge in [0, 0.05) is 7.05 Å². The standard InChI is InChI=1S/C13H13F3N2O4/c1-17-12(21)18-10(19)7-22-11(20)6-8-3-2-4-9(5-8)13(14,15)16/h2-5H,6-7H2,1H3,(H2,17,18,19,21). The van der Waals surface area contributed by atoms with Crippen LogP contribution < -0.4 is 10.6 Å². The topological polar surface area (TPSA) is 84.5 Å². The first-order valence-corrected chi connectivity index (χ1v) is 6.05. The number of rotatable bonds is 4. The number of hydrogen-bond donors (Lipinski definition) is 2. The Morgan fingerprint density at radius 3 is 2.50 bits per heavy atom. The lowest BCUT2D eigenvalue weighted by atomic mass is 10.1. The fourth-order valence-corrected chi connectivity index (χ4v) is 1.45. The molecule has 1 rings (SSSR count). The Hall–Kier alpha value is -2.58. The zero-order chi connectivity index (χ0) is 16.8. The van der Waals surface area contributed by atoms with Crippen LogP contribution in [0.2, 0.25) is 0 Å². The minimum atomic E-state index is -4.51. The van der Waals surface area contributed by atoms with Crippen LogP contribution in [0.5, 0.6) is 0 Å². The van der Waals surface area contributed by atoms with Crippen LogP contribution in [-0.2, 0) is 26.9 Å². The summed E-state index contributed by atoms with van der Waals surface area (Å²) in [7, 11) is 1.29. The van der Waals surface area contributed by atoms with E-state index in [4.69, 9.17) is 0 Å². The van der Waals surface area contributed by atoms with Gasteiger partial charge in [0.1, 0.15) is 0 Å². The maximum atomic E-state index is 12.5. The lowest BCUT2D eigenvalue weighted by molar-refractivity contribution is -0.147. The predicted molar refractivity (Wildman–Crippen MR) is 68.7 cm³/mol. The van der Waals surface area contributed by atoms with Crippen molar-refractivity contribution in [3.05, 3.63) is 35.4 Å². The summed E-state index contributed by atoms with van der Waals surface area (Å²) in [5, 5.41) is 3.99. The van der Waals surface area contributed by atoms with Crippen molar-refractivity contribution in [3.63, 3.8) is 0 Å². The molecule has 0 aliphatic heterocycles. The van der Waals surface area contributed by atoms with E-state index in [0.717, 1.165) is 12.1 Å². The lowest BCUT2D eigenvalue weighted by Gasteiger charge is -2.09. The molecule has 0 aliphatic carbocycles. The molecule has 0 aliphatic rings. The second kappa shape index (κ2) is 7.43. The van der Waals surface area contributed by atoms with Gasteiger partial charge in [-0.2, -0.15) is 13.2 Å². The second-order valence-corrected chi connectivity index (χ2v) is 4.16. The van der Waals surface area contributed by atoms with Crippen molar-refractivity contribution in [1.29, 1.82) is 0 Å². The van der Waals surface area contributed by atoms with Crippen molar-refractivity contribution in [1.82, 2.24) is 10.6 Å². The highest BCUT2D eigenvalue weighted by Crippen LogP contribution is 2.29. The number of amides is 3. The zero-order valence-electron chi connectivity index (χ0n) is 11.5. The Kier molecular flexibility index (Phi) is 5.90. The van der Waals surface area contributed by atoms with Gasteiger partial charge in [0.2, 0.25) is 0 Å². The molecular formula is C13H13F3N2O4. The van der Waals surface area contributed by atoms with Crippen LogP contribution in [0.25, 0.3) is 0 Å². The van der Waals surface area contributed by atoms with E-state index in [0.29, 0.717) is 0 Å². The van der Waals surface area contributed by atoms with E-state index in [1.165, 1.54) is 19.2 Å². The average Bonchev–Trinajstić information content (AvgIpc) is 2.44. The summed E-state index contributed by atoms with van der Waals surface area (Å²) in [5.74, 6) is -1.73. The fourth-order valence-electron chi connectivity index (χ4n) is 1.45. The molecule has 9 heteroatoms. The molecule has 22 heavy (non-hydrogen) atoms. The van der Waals surface area contributed by atoms with Gasteiger partial charge in [-0.15, -0.1) is 0 Å². The van der Waals surface area contributed by atoms with Crippen molar-refractivity contribution in [3.8, 4) is 0 Å². The summed E-state index contributed by atoms with van der Waals surface area (Å²) in [6, 6.07) is 3.45. The highest BCUT2D eigenvalue weighted by Gasteiger charge is 2.30. The van der Waals surface area contributed by atoms with E-state index in [9.17, 15) is 27.6 Å². The Morgan fingerprint density at radius 2 is 1.91 bits per heavy atom. The van der Waals surface area contributed by atoms with E-state index < -0.39 is 42.7 Å². The number of urea groups is 1. The minimum Gasteiger partial charge on any atom is -0.455 e. The minimum absolute atomic E-state index is 0.103. The third kappa shape index (κ3) is 5.81. The number of esters is 1. The van der Waals surface area contributed by atoms with Gasteiger partial charge in [-0.05, 0) is 11.6 Å².